The second-order valence-electron chi connectivity index (χ2n) is 7.48. The highest BCUT2D eigenvalue weighted by atomic mass is 16.5. The minimum atomic E-state index is -0.334. The summed E-state index contributed by atoms with van der Waals surface area (Å²) in [6.07, 6.45) is 17.4. The molecule has 5 heteroatoms. The summed E-state index contributed by atoms with van der Waals surface area (Å²) >= 11 is 0. The Morgan fingerprint density at radius 2 is 1.50 bits per heavy atom. The molecule has 1 heterocycles. The average molecular weight is 369 g/mol. The maximum Gasteiger partial charge on any atom is 0.325 e. The lowest BCUT2D eigenvalue weighted by molar-refractivity contribution is -0.144. The quantitative estimate of drug-likeness (QED) is 0.318. The van der Waals surface area contributed by atoms with Gasteiger partial charge in [0.25, 0.3) is 0 Å². The van der Waals surface area contributed by atoms with Gasteiger partial charge < -0.3 is 15.4 Å². The van der Waals surface area contributed by atoms with E-state index in [1.165, 1.54) is 64.2 Å². The van der Waals surface area contributed by atoms with Crippen LogP contribution in [-0.2, 0) is 14.3 Å². The molecule has 5 nitrogen and oxygen atoms in total. The molecule has 0 saturated carbocycles. The summed E-state index contributed by atoms with van der Waals surface area (Å²) in [6, 6.07) is -0.140. The Hall–Kier alpha value is -1.10. The van der Waals surface area contributed by atoms with Crippen LogP contribution in [0, 0.1) is 0 Å². The zero-order valence-electron chi connectivity index (χ0n) is 16.8. The summed E-state index contributed by atoms with van der Waals surface area (Å²) in [6.45, 7) is 3.58. The van der Waals surface area contributed by atoms with E-state index in [0.717, 1.165) is 32.2 Å². The van der Waals surface area contributed by atoms with Crippen molar-refractivity contribution in [2.24, 2.45) is 0 Å². The fourth-order valence-corrected chi connectivity index (χ4v) is 3.37. The van der Waals surface area contributed by atoms with E-state index < -0.39 is 0 Å². The number of esters is 1. The number of amides is 1. The molecule has 152 valence electrons. The van der Waals surface area contributed by atoms with Gasteiger partial charge in [-0.2, -0.15) is 0 Å². The molecule has 0 aromatic carbocycles. The highest BCUT2D eigenvalue weighted by Gasteiger charge is 2.22. The van der Waals surface area contributed by atoms with Crippen LogP contribution in [0.15, 0.2) is 0 Å². The van der Waals surface area contributed by atoms with Crippen molar-refractivity contribution in [2.75, 3.05) is 19.7 Å². The summed E-state index contributed by atoms with van der Waals surface area (Å²) in [4.78, 5) is 23.4. The zero-order valence-corrected chi connectivity index (χ0v) is 16.8. The summed E-state index contributed by atoms with van der Waals surface area (Å²) in [7, 11) is 0. The molecule has 0 aromatic rings. The molecule has 0 aromatic heterocycles. The second-order valence-corrected chi connectivity index (χ2v) is 7.48. The van der Waals surface area contributed by atoms with Crippen LogP contribution in [0.3, 0.4) is 0 Å². The Labute approximate surface area is 160 Å². The number of nitrogens with one attached hydrogen (secondary N) is 2. The summed E-state index contributed by atoms with van der Waals surface area (Å²) < 4.78 is 5.17. The van der Waals surface area contributed by atoms with Gasteiger partial charge in [0.2, 0.25) is 5.91 Å². The van der Waals surface area contributed by atoms with Gasteiger partial charge >= 0.3 is 5.97 Å². The molecule has 1 rings (SSSR count). The van der Waals surface area contributed by atoms with Gasteiger partial charge in [-0.25, -0.2) is 0 Å². The van der Waals surface area contributed by atoms with Crippen molar-refractivity contribution in [1.82, 2.24) is 10.6 Å². The van der Waals surface area contributed by atoms with Gasteiger partial charge in [0, 0.05) is 0 Å². The largest absolute Gasteiger partial charge is 0.464 e. The van der Waals surface area contributed by atoms with Gasteiger partial charge in [0.05, 0.1) is 12.6 Å². The third-order valence-corrected chi connectivity index (χ3v) is 5.04. The lowest BCUT2D eigenvalue weighted by Crippen LogP contribution is -2.42. The smallest absolute Gasteiger partial charge is 0.325 e. The predicted molar refractivity (Wildman–Crippen MR) is 106 cm³/mol. The first-order valence-electron chi connectivity index (χ1n) is 10.9. The van der Waals surface area contributed by atoms with E-state index >= 15 is 0 Å². The predicted octanol–water partition coefficient (Wildman–Crippen LogP) is 4.10. The number of rotatable bonds is 16. The Bertz CT molecular complexity index is 368. The Kier molecular flexibility index (Phi) is 14.2. The van der Waals surface area contributed by atoms with Gasteiger partial charge in [-0.3, -0.25) is 9.59 Å². The normalized spacial score (nSPS) is 16.6. The summed E-state index contributed by atoms with van der Waals surface area (Å²) in [5.74, 6) is -0.427. The van der Waals surface area contributed by atoms with Crippen LogP contribution in [0.2, 0.25) is 0 Å². The lowest BCUT2D eigenvalue weighted by atomic mass is 10.1. The fourth-order valence-electron chi connectivity index (χ4n) is 3.37. The first-order valence-corrected chi connectivity index (χ1v) is 10.9. The Balaban J connectivity index is 1.79. The summed E-state index contributed by atoms with van der Waals surface area (Å²) in [5.41, 5.74) is 0. The highest BCUT2D eigenvalue weighted by molar-refractivity contribution is 5.85. The molecule has 0 radical (unpaired) electrons. The van der Waals surface area contributed by atoms with Crippen molar-refractivity contribution in [2.45, 2.75) is 103 Å². The van der Waals surface area contributed by atoms with Crippen LogP contribution >= 0.6 is 0 Å². The molecule has 1 aliphatic heterocycles. The first kappa shape index (κ1) is 22.9. The molecule has 0 bridgehead atoms. The van der Waals surface area contributed by atoms with E-state index in [-0.39, 0.29) is 24.5 Å². The Morgan fingerprint density at radius 1 is 0.923 bits per heavy atom. The molecule has 1 amide bonds. The number of ether oxygens (including phenoxy) is 1. The van der Waals surface area contributed by atoms with Gasteiger partial charge in [-0.1, -0.05) is 77.6 Å². The first-order chi connectivity index (χ1) is 12.7. The van der Waals surface area contributed by atoms with E-state index in [1.54, 1.807) is 0 Å². The van der Waals surface area contributed by atoms with Crippen molar-refractivity contribution >= 4 is 11.9 Å². The zero-order chi connectivity index (χ0) is 18.9. The topological polar surface area (TPSA) is 67.4 Å². The van der Waals surface area contributed by atoms with Crippen LogP contribution in [0.25, 0.3) is 0 Å². The third-order valence-electron chi connectivity index (χ3n) is 5.04. The molecular weight excluding hydrogens is 328 g/mol. The average Bonchev–Trinajstić information content (AvgIpc) is 3.18. The van der Waals surface area contributed by atoms with E-state index in [1.807, 2.05) is 0 Å². The van der Waals surface area contributed by atoms with E-state index in [0.29, 0.717) is 6.61 Å². The lowest BCUT2D eigenvalue weighted by Gasteiger charge is -2.10. The molecule has 0 spiro atoms. The maximum absolute atomic E-state index is 11.8. The molecule has 1 atom stereocenters. The number of hydrogen-bond acceptors (Lipinski definition) is 4. The minimum absolute atomic E-state index is 0.0186. The monoisotopic (exact) mass is 368 g/mol. The van der Waals surface area contributed by atoms with Crippen molar-refractivity contribution in [3.8, 4) is 0 Å². The maximum atomic E-state index is 11.8. The fraction of sp³-hybridized carbons (Fsp3) is 0.905. The molecule has 0 aliphatic carbocycles. The standard InChI is InChI=1S/C21H40N2O3/c1-2-3-4-5-6-7-8-9-10-11-12-13-17-26-20(24)18-23-21(25)19-15-14-16-22-19/h19,22H,2-18H2,1H3,(H,23,25)/t19-/m0/s1. The second kappa shape index (κ2) is 16.1. The molecule has 2 N–H and O–H groups in total. The van der Waals surface area contributed by atoms with Gasteiger partial charge in [-0.05, 0) is 25.8 Å². The number of carbonyl (C=O) groups is 2. The van der Waals surface area contributed by atoms with E-state index in [2.05, 4.69) is 17.6 Å². The minimum Gasteiger partial charge on any atom is -0.464 e. The number of hydrogen-bond donors (Lipinski definition) is 2. The SMILES string of the molecule is CCCCCCCCCCCCCCOC(=O)CNC(=O)[C@@H]1CCCN1. The molecule has 26 heavy (non-hydrogen) atoms. The highest BCUT2D eigenvalue weighted by Crippen LogP contribution is 2.12. The van der Waals surface area contributed by atoms with Gasteiger partial charge in [0.15, 0.2) is 0 Å². The molecule has 1 fully saturated rings. The van der Waals surface area contributed by atoms with Crippen molar-refractivity contribution < 1.29 is 14.3 Å². The summed E-state index contributed by atoms with van der Waals surface area (Å²) in [5, 5.41) is 5.76. The van der Waals surface area contributed by atoms with Crippen LogP contribution in [0.5, 0.6) is 0 Å². The van der Waals surface area contributed by atoms with Crippen molar-refractivity contribution in [3.05, 3.63) is 0 Å². The van der Waals surface area contributed by atoms with E-state index in [4.69, 9.17) is 4.74 Å². The third kappa shape index (κ3) is 12.3. The van der Waals surface area contributed by atoms with Crippen molar-refractivity contribution in [1.29, 1.82) is 0 Å². The molecule has 1 saturated heterocycles. The van der Waals surface area contributed by atoms with E-state index in [9.17, 15) is 9.59 Å². The molecule has 0 unspecified atom stereocenters. The number of unbranched alkanes of at least 4 members (excludes halogenated alkanes) is 11. The van der Waals surface area contributed by atoms with Gasteiger partial charge in [-0.15, -0.1) is 0 Å². The van der Waals surface area contributed by atoms with Crippen LogP contribution in [0.4, 0.5) is 0 Å². The van der Waals surface area contributed by atoms with Crippen LogP contribution < -0.4 is 10.6 Å². The van der Waals surface area contributed by atoms with Crippen LogP contribution in [0.1, 0.15) is 96.8 Å². The Morgan fingerprint density at radius 3 is 2.04 bits per heavy atom. The molecular formula is C21H40N2O3. The number of carbonyl (C=O) groups excluding carboxylic acids is 2. The van der Waals surface area contributed by atoms with Crippen LogP contribution in [-0.4, -0.2) is 37.6 Å². The van der Waals surface area contributed by atoms with Gasteiger partial charge in [0.1, 0.15) is 6.54 Å². The molecule has 1 aliphatic rings. The van der Waals surface area contributed by atoms with Crippen molar-refractivity contribution in [3.63, 3.8) is 0 Å².